The number of nitrogens with zero attached hydrogens (tertiary/aromatic N) is 1. The summed E-state index contributed by atoms with van der Waals surface area (Å²) in [5, 5.41) is 9.86. The Bertz CT molecular complexity index is 213. The molecule has 4 heteroatoms. The molecule has 1 aromatic heterocycles. The fourth-order valence-corrected chi connectivity index (χ4v) is 1.59. The summed E-state index contributed by atoms with van der Waals surface area (Å²) in [6, 6.07) is 0. The van der Waals surface area contributed by atoms with Gasteiger partial charge in [0.1, 0.15) is 11.1 Å². The van der Waals surface area contributed by atoms with Crippen molar-refractivity contribution in [1.82, 2.24) is 4.98 Å². The number of halogens is 1. The molecule has 0 spiro atoms. The van der Waals surface area contributed by atoms with Crippen molar-refractivity contribution in [2.24, 2.45) is 0 Å². The second-order valence-corrected chi connectivity index (χ2v) is 3.55. The Morgan fingerprint density at radius 1 is 1.90 bits per heavy atom. The van der Waals surface area contributed by atoms with E-state index in [0.717, 1.165) is 4.88 Å². The second kappa shape index (κ2) is 3.32. The third-order valence-corrected chi connectivity index (χ3v) is 2.38. The van der Waals surface area contributed by atoms with Gasteiger partial charge in [-0.1, -0.05) is 0 Å². The van der Waals surface area contributed by atoms with Crippen LogP contribution in [0.15, 0.2) is 6.20 Å². The van der Waals surface area contributed by atoms with Crippen LogP contribution in [0, 0.1) is 6.92 Å². The molecule has 1 rings (SSSR count). The fourth-order valence-electron chi connectivity index (χ4n) is 0.592. The van der Waals surface area contributed by atoms with Crippen molar-refractivity contribution >= 4 is 22.9 Å². The van der Waals surface area contributed by atoms with Gasteiger partial charge in [0.15, 0.2) is 0 Å². The van der Waals surface area contributed by atoms with Crippen LogP contribution in [0.1, 0.15) is 16.0 Å². The minimum absolute atomic E-state index is 0.215. The van der Waals surface area contributed by atoms with Crippen LogP contribution in [-0.2, 0) is 0 Å². The highest BCUT2D eigenvalue weighted by atomic mass is 35.5. The summed E-state index contributed by atoms with van der Waals surface area (Å²) in [4.78, 5) is 5.07. The molecule has 0 fully saturated rings. The number of hydrogen-bond acceptors (Lipinski definition) is 3. The molecule has 10 heavy (non-hydrogen) atoms. The summed E-state index contributed by atoms with van der Waals surface area (Å²) in [6.45, 7) is 1.95. The van der Waals surface area contributed by atoms with Crippen LogP contribution in [0.25, 0.3) is 0 Å². The largest absolute Gasteiger partial charge is 0.385 e. The van der Waals surface area contributed by atoms with Gasteiger partial charge in [-0.25, -0.2) is 4.98 Å². The summed E-state index contributed by atoms with van der Waals surface area (Å²) in [7, 11) is 0. The van der Waals surface area contributed by atoms with Crippen molar-refractivity contribution in [2.45, 2.75) is 13.0 Å². The van der Waals surface area contributed by atoms with Gasteiger partial charge in [-0.3, -0.25) is 0 Å². The van der Waals surface area contributed by atoms with E-state index >= 15 is 0 Å². The van der Waals surface area contributed by atoms with E-state index in [2.05, 4.69) is 4.98 Å². The van der Waals surface area contributed by atoms with Gasteiger partial charge in [-0.2, -0.15) is 0 Å². The summed E-state index contributed by atoms with van der Waals surface area (Å²) >= 11 is 6.89. The molecule has 56 valence electrons. The van der Waals surface area contributed by atoms with Gasteiger partial charge in [-0.15, -0.1) is 22.9 Å². The lowest BCUT2D eigenvalue weighted by atomic mass is 10.4. The van der Waals surface area contributed by atoms with E-state index in [0.29, 0.717) is 5.01 Å². The van der Waals surface area contributed by atoms with E-state index in [1.165, 1.54) is 11.3 Å². The lowest BCUT2D eigenvalue weighted by Crippen LogP contribution is -1.96. The Labute approximate surface area is 68.5 Å². The highest BCUT2D eigenvalue weighted by Crippen LogP contribution is 2.19. The molecule has 0 aliphatic rings. The molecule has 1 unspecified atom stereocenters. The average Bonchev–Trinajstić information content (AvgIpc) is 2.34. The summed E-state index contributed by atoms with van der Waals surface area (Å²) in [6.07, 6.45) is 1.14. The standard InChI is InChI=1S/C6H8ClNOS/c1-4-3-8-6(10-4)5(9)2-7/h3,5,9H,2H2,1H3. The zero-order valence-corrected chi connectivity index (χ0v) is 7.11. The maximum Gasteiger partial charge on any atom is 0.123 e. The minimum Gasteiger partial charge on any atom is -0.385 e. The molecule has 0 aliphatic heterocycles. The molecular formula is C6H8ClNOS. The van der Waals surface area contributed by atoms with E-state index in [1.54, 1.807) is 6.20 Å². The molecule has 0 amide bonds. The predicted octanol–water partition coefficient (Wildman–Crippen LogP) is 1.72. The highest BCUT2D eigenvalue weighted by Gasteiger charge is 2.08. The van der Waals surface area contributed by atoms with Gasteiger partial charge >= 0.3 is 0 Å². The van der Waals surface area contributed by atoms with Crippen molar-refractivity contribution in [3.05, 3.63) is 16.1 Å². The van der Waals surface area contributed by atoms with Gasteiger partial charge in [-0.05, 0) is 6.92 Å². The third-order valence-electron chi connectivity index (χ3n) is 1.07. The minimum atomic E-state index is -0.597. The van der Waals surface area contributed by atoms with E-state index in [9.17, 15) is 0 Å². The van der Waals surface area contributed by atoms with Gasteiger partial charge in [0, 0.05) is 11.1 Å². The molecule has 2 nitrogen and oxygen atoms in total. The molecule has 1 aromatic rings. The van der Waals surface area contributed by atoms with Crippen LogP contribution >= 0.6 is 22.9 Å². The van der Waals surface area contributed by atoms with E-state index in [-0.39, 0.29) is 5.88 Å². The molecule has 0 aliphatic carbocycles. The topological polar surface area (TPSA) is 33.1 Å². The number of hydrogen-bond donors (Lipinski definition) is 1. The van der Waals surface area contributed by atoms with Gasteiger partial charge in [0.05, 0.1) is 5.88 Å². The Hall–Kier alpha value is -0.120. The molecule has 1 N–H and O–H groups in total. The first-order chi connectivity index (χ1) is 4.74. The Balaban J connectivity index is 2.74. The first kappa shape index (κ1) is 7.98. The molecule has 0 saturated heterocycles. The Morgan fingerprint density at radius 2 is 2.60 bits per heavy atom. The van der Waals surface area contributed by atoms with Crippen LogP contribution in [-0.4, -0.2) is 16.0 Å². The number of aromatic nitrogens is 1. The highest BCUT2D eigenvalue weighted by molar-refractivity contribution is 7.11. The van der Waals surface area contributed by atoms with E-state index in [4.69, 9.17) is 16.7 Å². The smallest absolute Gasteiger partial charge is 0.123 e. The number of alkyl halides is 1. The van der Waals surface area contributed by atoms with E-state index in [1.807, 2.05) is 6.92 Å². The van der Waals surface area contributed by atoms with Crippen LogP contribution < -0.4 is 0 Å². The van der Waals surface area contributed by atoms with Crippen molar-refractivity contribution < 1.29 is 5.11 Å². The fraction of sp³-hybridized carbons (Fsp3) is 0.500. The van der Waals surface area contributed by atoms with Crippen LogP contribution in [0.2, 0.25) is 0 Å². The lowest BCUT2D eigenvalue weighted by Gasteiger charge is -1.98. The summed E-state index contributed by atoms with van der Waals surface area (Å²) in [5.41, 5.74) is 0. The first-order valence-electron chi connectivity index (χ1n) is 2.90. The lowest BCUT2D eigenvalue weighted by molar-refractivity contribution is 0.202. The third kappa shape index (κ3) is 1.68. The molecule has 0 aromatic carbocycles. The number of aliphatic hydroxyl groups excluding tert-OH is 1. The van der Waals surface area contributed by atoms with E-state index < -0.39 is 6.10 Å². The van der Waals surface area contributed by atoms with Crippen molar-refractivity contribution in [3.8, 4) is 0 Å². The van der Waals surface area contributed by atoms with Crippen molar-refractivity contribution in [3.63, 3.8) is 0 Å². The zero-order valence-electron chi connectivity index (χ0n) is 5.54. The van der Waals surface area contributed by atoms with Crippen LogP contribution in [0.5, 0.6) is 0 Å². The van der Waals surface area contributed by atoms with Crippen LogP contribution in [0.4, 0.5) is 0 Å². The Morgan fingerprint density at radius 3 is 3.00 bits per heavy atom. The average molecular weight is 178 g/mol. The molecule has 1 atom stereocenters. The number of thiazole rings is 1. The number of aliphatic hydroxyl groups is 1. The molecule has 0 saturated carbocycles. The molecule has 0 bridgehead atoms. The normalized spacial score (nSPS) is 13.5. The van der Waals surface area contributed by atoms with Crippen molar-refractivity contribution in [1.29, 1.82) is 0 Å². The van der Waals surface area contributed by atoms with Gasteiger partial charge < -0.3 is 5.11 Å². The zero-order chi connectivity index (χ0) is 7.56. The van der Waals surface area contributed by atoms with Crippen LogP contribution in [0.3, 0.4) is 0 Å². The maximum atomic E-state index is 9.16. The molecule has 1 heterocycles. The first-order valence-corrected chi connectivity index (χ1v) is 4.25. The predicted molar refractivity (Wildman–Crippen MR) is 42.5 cm³/mol. The monoisotopic (exact) mass is 177 g/mol. The maximum absolute atomic E-state index is 9.16. The van der Waals surface area contributed by atoms with Crippen molar-refractivity contribution in [2.75, 3.05) is 5.88 Å². The summed E-state index contributed by atoms with van der Waals surface area (Å²) in [5.74, 6) is 0.215. The quantitative estimate of drug-likeness (QED) is 0.698. The van der Waals surface area contributed by atoms with Gasteiger partial charge in [0.25, 0.3) is 0 Å². The number of aryl methyl sites for hydroxylation is 1. The Kier molecular flexibility index (Phi) is 2.65. The molecular weight excluding hydrogens is 170 g/mol. The summed E-state index contributed by atoms with van der Waals surface area (Å²) < 4.78 is 0. The number of rotatable bonds is 2. The molecule has 0 radical (unpaired) electrons. The second-order valence-electron chi connectivity index (χ2n) is 1.98. The SMILES string of the molecule is Cc1cnc(C(O)CCl)s1. The van der Waals surface area contributed by atoms with Gasteiger partial charge in [0.2, 0.25) is 0 Å².